The first-order valence-electron chi connectivity index (χ1n) is 8.15. The van der Waals surface area contributed by atoms with Gasteiger partial charge in [-0.1, -0.05) is 42.1 Å². The molecule has 0 radical (unpaired) electrons. The zero-order valence-corrected chi connectivity index (χ0v) is 15.2. The number of carbonyl (C=O) groups excluding carboxylic acids is 1. The average molecular weight is 369 g/mol. The molecule has 6 nitrogen and oxygen atoms in total. The summed E-state index contributed by atoms with van der Waals surface area (Å²) in [5.74, 6) is 0.00836. The number of aromatic nitrogens is 2. The fourth-order valence-corrected chi connectivity index (χ4v) is 3.31. The van der Waals surface area contributed by atoms with Gasteiger partial charge in [-0.15, -0.1) is 0 Å². The molecule has 1 aromatic heterocycles. The van der Waals surface area contributed by atoms with Crippen LogP contribution in [0.15, 0.2) is 64.5 Å². The molecule has 7 heteroatoms. The van der Waals surface area contributed by atoms with E-state index in [2.05, 4.69) is 10.3 Å². The van der Waals surface area contributed by atoms with E-state index in [0.29, 0.717) is 29.2 Å². The molecule has 0 spiro atoms. The summed E-state index contributed by atoms with van der Waals surface area (Å²) in [5.41, 5.74) is 1.23. The maximum absolute atomic E-state index is 12.7. The van der Waals surface area contributed by atoms with Gasteiger partial charge in [0.25, 0.3) is 5.56 Å². The number of rotatable bonds is 7. The Morgan fingerprint density at radius 2 is 1.88 bits per heavy atom. The van der Waals surface area contributed by atoms with Crippen LogP contribution in [0.2, 0.25) is 0 Å². The minimum absolute atomic E-state index is 0.126. The number of nitrogens with one attached hydrogen (secondary N) is 1. The molecular formula is C19H19N3O3S. The van der Waals surface area contributed by atoms with Crippen LogP contribution in [0.3, 0.4) is 0 Å². The molecule has 3 aromatic rings. The number of thioether (sulfide) groups is 1. The fourth-order valence-electron chi connectivity index (χ4n) is 2.49. The van der Waals surface area contributed by atoms with Crippen molar-refractivity contribution in [3.8, 4) is 0 Å². The van der Waals surface area contributed by atoms with Crippen LogP contribution in [0.4, 0.5) is 5.69 Å². The summed E-state index contributed by atoms with van der Waals surface area (Å²) in [5, 5.41) is 3.89. The largest absolute Gasteiger partial charge is 0.383 e. The van der Waals surface area contributed by atoms with E-state index in [0.717, 1.165) is 5.69 Å². The molecule has 1 amide bonds. The first-order chi connectivity index (χ1) is 12.7. The number of nitrogens with zero attached hydrogens (tertiary/aromatic N) is 2. The molecule has 0 unspecified atom stereocenters. The van der Waals surface area contributed by atoms with Crippen molar-refractivity contribution in [2.45, 2.75) is 11.7 Å². The van der Waals surface area contributed by atoms with Crippen LogP contribution in [0.25, 0.3) is 10.9 Å². The second-order valence-electron chi connectivity index (χ2n) is 5.56. The highest BCUT2D eigenvalue weighted by atomic mass is 32.2. The van der Waals surface area contributed by atoms with E-state index in [9.17, 15) is 9.59 Å². The molecule has 0 aliphatic rings. The summed E-state index contributed by atoms with van der Waals surface area (Å²) >= 11 is 1.24. The van der Waals surface area contributed by atoms with Crippen LogP contribution < -0.4 is 10.9 Å². The quantitative estimate of drug-likeness (QED) is 0.512. The van der Waals surface area contributed by atoms with E-state index in [-0.39, 0.29) is 17.2 Å². The number of methoxy groups -OCH3 is 1. The van der Waals surface area contributed by atoms with Crippen LogP contribution in [0.1, 0.15) is 0 Å². The maximum atomic E-state index is 12.7. The molecule has 0 fully saturated rings. The standard InChI is InChI=1S/C19H19N3O3S/c1-25-12-11-22-18(24)15-9-5-6-10-16(15)21-19(22)26-13-17(23)20-14-7-3-2-4-8-14/h2-10H,11-13H2,1H3,(H,20,23). The minimum Gasteiger partial charge on any atom is -0.383 e. The molecule has 26 heavy (non-hydrogen) atoms. The number of hydrogen-bond donors (Lipinski definition) is 1. The number of amides is 1. The molecule has 0 bridgehead atoms. The second-order valence-corrected chi connectivity index (χ2v) is 6.51. The first-order valence-corrected chi connectivity index (χ1v) is 9.14. The van der Waals surface area contributed by atoms with Gasteiger partial charge < -0.3 is 10.1 Å². The van der Waals surface area contributed by atoms with Crippen molar-refractivity contribution < 1.29 is 9.53 Å². The normalized spacial score (nSPS) is 10.8. The highest BCUT2D eigenvalue weighted by molar-refractivity contribution is 7.99. The Balaban J connectivity index is 1.81. The summed E-state index contributed by atoms with van der Waals surface area (Å²) in [6, 6.07) is 16.5. The van der Waals surface area contributed by atoms with Crippen LogP contribution in [0.5, 0.6) is 0 Å². The van der Waals surface area contributed by atoms with Crippen molar-refractivity contribution in [3.63, 3.8) is 0 Å². The van der Waals surface area contributed by atoms with Crippen LogP contribution in [0, 0.1) is 0 Å². The van der Waals surface area contributed by atoms with Gasteiger partial charge in [-0.2, -0.15) is 0 Å². The summed E-state index contributed by atoms with van der Waals surface area (Å²) in [4.78, 5) is 29.5. The Morgan fingerprint density at radius 3 is 2.65 bits per heavy atom. The topological polar surface area (TPSA) is 73.2 Å². The highest BCUT2D eigenvalue weighted by Gasteiger charge is 2.13. The van der Waals surface area contributed by atoms with E-state index >= 15 is 0 Å². The Morgan fingerprint density at radius 1 is 1.15 bits per heavy atom. The molecule has 134 valence electrons. The number of benzene rings is 2. The number of para-hydroxylation sites is 2. The lowest BCUT2D eigenvalue weighted by Gasteiger charge is -2.12. The van der Waals surface area contributed by atoms with Gasteiger partial charge in [0.15, 0.2) is 5.16 Å². The Bertz CT molecular complexity index is 957. The third kappa shape index (κ3) is 4.30. The van der Waals surface area contributed by atoms with Gasteiger partial charge in [-0.3, -0.25) is 14.2 Å². The average Bonchev–Trinajstić information content (AvgIpc) is 2.67. The molecule has 2 aromatic carbocycles. The predicted molar refractivity (Wildman–Crippen MR) is 104 cm³/mol. The molecule has 0 atom stereocenters. The lowest BCUT2D eigenvalue weighted by atomic mass is 10.2. The second kappa shape index (κ2) is 8.64. The predicted octanol–water partition coefficient (Wildman–Crippen LogP) is 2.77. The zero-order chi connectivity index (χ0) is 18.4. The van der Waals surface area contributed by atoms with Crippen molar-refractivity contribution in [2.75, 3.05) is 24.8 Å². The van der Waals surface area contributed by atoms with Gasteiger partial charge in [-0.25, -0.2) is 4.98 Å². The molecule has 1 N–H and O–H groups in total. The van der Waals surface area contributed by atoms with Gasteiger partial charge in [-0.05, 0) is 24.3 Å². The van der Waals surface area contributed by atoms with Crippen LogP contribution in [-0.4, -0.2) is 34.9 Å². The van der Waals surface area contributed by atoms with Gasteiger partial charge in [0, 0.05) is 12.8 Å². The highest BCUT2D eigenvalue weighted by Crippen LogP contribution is 2.18. The Hall–Kier alpha value is -2.64. The van der Waals surface area contributed by atoms with Crippen LogP contribution >= 0.6 is 11.8 Å². The van der Waals surface area contributed by atoms with Gasteiger partial charge in [0.1, 0.15) is 0 Å². The number of carbonyl (C=O) groups is 1. The van der Waals surface area contributed by atoms with Gasteiger partial charge in [0.2, 0.25) is 5.91 Å². The number of ether oxygens (including phenoxy) is 1. The smallest absolute Gasteiger partial charge is 0.262 e. The van der Waals surface area contributed by atoms with Crippen molar-refractivity contribution in [1.29, 1.82) is 0 Å². The van der Waals surface area contributed by atoms with E-state index < -0.39 is 0 Å². The molecular weight excluding hydrogens is 350 g/mol. The van der Waals surface area contributed by atoms with E-state index in [1.807, 2.05) is 42.5 Å². The van der Waals surface area contributed by atoms with Crippen molar-refractivity contribution >= 4 is 34.3 Å². The Kier molecular flexibility index (Phi) is 6.04. The van der Waals surface area contributed by atoms with E-state index in [4.69, 9.17) is 4.74 Å². The monoisotopic (exact) mass is 369 g/mol. The van der Waals surface area contributed by atoms with Gasteiger partial charge in [0.05, 0.1) is 29.8 Å². The SMILES string of the molecule is COCCn1c(SCC(=O)Nc2ccccc2)nc2ccccc2c1=O. The molecule has 0 saturated heterocycles. The molecule has 3 rings (SSSR count). The molecule has 1 heterocycles. The van der Waals surface area contributed by atoms with Crippen molar-refractivity contribution in [1.82, 2.24) is 9.55 Å². The zero-order valence-electron chi connectivity index (χ0n) is 14.3. The van der Waals surface area contributed by atoms with Gasteiger partial charge >= 0.3 is 0 Å². The lowest BCUT2D eigenvalue weighted by Crippen LogP contribution is -2.26. The first kappa shape index (κ1) is 18.2. The lowest BCUT2D eigenvalue weighted by molar-refractivity contribution is -0.113. The third-order valence-electron chi connectivity index (χ3n) is 3.74. The third-order valence-corrected chi connectivity index (χ3v) is 4.71. The molecule has 0 saturated carbocycles. The fraction of sp³-hybridized carbons (Fsp3) is 0.211. The summed E-state index contributed by atoms with van der Waals surface area (Å²) in [7, 11) is 1.58. The summed E-state index contributed by atoms with van der Waals surface area (Å²) < 4.78 is 6.66. The van der Waals surface area contributed by atoms with E-state index in [1.165, 1.54) is 11.8 Å². The van der Waals surface area contributed by atoms with Crippen LogP contribution in [-0.2, 0) is 16.1 Å². The number of fused-ring (bicyclic) bond motifs is 1. The van der Waals surface area contributed by atoms with Crippen molar-refractivity contribution in [3.05, 3.63) is 65.0 Å². The maximum Gasteiger partial charge on any atom is 0.262 e. The molecule has 0 aliphatic carbocycles. The Labute approximate surface area is 155 Å². The molecule has 0 aliphatic heterocycles. The minimum atomic E-state index is -0.151. The summed E-state index contributed by atoms with van der Waals surface area (Å²) in [6.07, 6.45) is 0. The summed E-state index contributed by atoms with van der Waals surface area (Å²) in [6.45, 7) is 0.777. The van der Waals surface area contributed by atoms with Crippen molar-refractivity contribution in [2.24, 2.45) is 0 Å². The number of anilines is 1. The number of hydrogen-bond acceptors (Lipinski definition) is 5. The van der Waals surface area contributed by atoms with E-state index in [1.54, 1.807) is 23.8 Å².